The Labute approximate surface area is 108 Å². The number of carboxylic acid groups (broad SMARTS) is 1. The lowest BCUT2D eigenvalue weighted by Gasteiger charge is -2.21. The van der Waals surface area contributed by atoms with Crippen molar-refractivity contribution < 1.29 is 9.90 Å². The quantitative estimate of drug-likeness (QED) is 0.807. The van der Waals surface area contributed by atoms with E-state index in [2.05, 4.69) is 36.1 Å². The Bertz CT molecular complexity index is 374. The van der Waals surface area contributed by atoms with Gasteiger partial charge in [-0.1, -0.05) is 20.8 Å². The van der Waals surface area contributed by atoms with Gasteiger partial charge in [0, 0.05) is 24.5 Å². The summed E-state index contributed by atoms with van der Waals surface area (Å²) in [6.45, 7) is 6.80. The molecule has 0 aromatic carbocycles. The van der Waals surface area contributed by atoms with Gasteiger partial charge in [-0.2, -0.15) is 0 Å². The smallest absolute Gasteiger partial charge is 0.320 e. The minimum atomic E-state index is -0.809. The molecule has 0 aliphatic heterocycles. The van der Waals surface area contributed by atoms with E-state index in [1.165, 1.54) is 6.33 Å². The molecule has 1 atom stereocenters. The van der Waals surface area contributed by atoms with Gasteiger partial charge < -0.3 is 10.4 Å². The molecule has 1 heterocycles. The minimum Gasteiger partial charge on any atom is -0.480 e. The first-order chi connectivity index (χ1) is 8.38. The average molecular weight is 251 g/mol. The van der Waals surface area contributed by atoms with Crippen molar-refractivity contribution in [2.75, 3.05) is 0 Å². The van der Waals surface area contributed by atoms with Crippen molar-refractivity contribution in [3.05, 3.63) is 24.3 Å². The fourth-order valence-corrected chi connectivity index (χ4v) is 1.55. The molecular weight excluding hydrogens is 230 g/mol. The van der Waals surface area contributed by atoms with Gasteiger partial charge in [0.2, 0.25) is 0 Å². The first kappa shape index (κ1) is 14.6. The SMILES string of the molecule is CC(C)(C)CCC(NCc1cncnc1)C(=O)O. The van der Waals surface area contributed by atoms with Crippen LogP contribution < -0.4 is 5.32 Å². The van der Waals surface area contributed by atoms with E-state index in [1.807, 2.05) is 0 Å². The maximum Gasteiger partial charge on any atom is 0.320 e. The number of carbonyl (C=O) groups is 1. The molecule has 2 N–H and O–H groups in total. The first-order valence-corrected chi connectivity index (χ1v) is 6.08. The second-order valence-corrected chi connectivity index (χ2v) is 5.62. The van der Waals surface area contributed by atoms with Crippen LogP contribution in [0.1, 0.15) is 39.2 Å². The van der Waals surface area contributed by atoms with Gasteiger partial charge in [0.15, 0.2) is 0 Å². The zero-order valence-electron chi connectivity index (χ0n) is 11.2. The van der Waals surface area contributed by atoms with E-state index in [1.54, 1.807) is 12.4 Å². The van der Waals surface area contributed by atoms with Crippen molar-refractivity contribution in [1.82, 2.24) is 15.3 Å². The number of hydrogen-bond donors (Lipinski definition) is 2. The molecule has 0 fully saturated rings. The molecule has 0 saturated heterocycles. The molecular formula is C13H21N3O2. The summed E-state index contributed by atoms with van der Waals surface area (Å²) in [5, 5.41) is 12.2. The Hall–Kier alpha value is -1.49. The standard InChI is InChI=1S/C13H21N3O2/c1-13(2,3)5-4-11(12(17)18)16-8-10-6-14-9-15-7-10/h6-7,9,11,16H,4-5,8H2,1-3H3,(H,17,18). The number of nitrogens with one attached hydrogen (secondary N) is 1. The van der Waals surface area contributed by atoms with Gasteiger partial charge in [-0.25, -0.2) is 9.97 Å². The number of aromatic nitrogens is 2. The van der Waals surface area contributed by atoms with E-state index in [0.29, 0.717) is 13.0 Å². The van der Waals surface area contributed by atoms with Gasteiger partial charge in [-0.15, -0.1) is 0 Å². The van der Waals surface area contributed by atoms with Gasteiger partial charge in [-0.05, 0) is 18.3 Å². The summed E-state index contributed by atoms with van der Waals surface area (Å²) in [5.41, 5.74) is 1.03. The van der Waals surface area contributed by atoms with Crippen molar-refractivity contribution in [3.63, 3.8) is 0 Å². The van der Waals surface area contributed by atoms with Gasteiger partial charge >= 0.3 is 5.97 Å². The van der Waals surface area contributed by atoms with Crippen LogP contribution >= 0.6 is 0 Å². The van der Waals surface area contributed by atoms with Crippen LogP contribution in [-0.4, -0.2) is 27.1 Å². The molecule has 1 aromatic heterocycles. The fourth-order valence-electron chi connectivity index (χ4n) is 1.55. The number of carboxylic acids is 1. The predicted molar refractivity (Wildman–Crippen MR) is 69.0 cm³/mol. The van der Waals surface area contributed by atoms with Crippen LogP contribution in [0.15, 0.2) is 18.7 Å². The molecule has 100 valence electrons. The summed E-state index contributed by atoms with van der Waals surface area (Å²) >= 11 is 0. The predicted octanol–water partition coefficient (Wildman–Crippen LogP) is 1.85. The van der Waals surface area contributed by atoms with Gasteiger partial charge in [0.05, 0.1) is 0 Å². The zero-order valence-corrected chi connectivity index (χ0v) is 11.2. The molecule has 0 spiro atoms. The largest absolute Gasteiger partial charge is 0.480 e. The lowest BCUT2D eigenvalue weighted by molar-refractivity contribution is -0.139. The highest BCUT2D eigenvalue weighted by atomic mass is 16.4. The van der Waals surface area contributed by atoms with Gasteiger partial charge in [0.25, 0.3) is 0 Å². The highest BCUT2D eigenvalue weighted by molar-refractivity contribution is 5.73. The molecule has 18 heavy (non-hydrogen) atoms. The Kier molecular flexibility index (Phi) is 5.22. The van der Waals surface area contributed by atoms with E-state index in [0.717, 1.165) is 12.0 Å². The maximum absolute atomic E-state index is 11.1. The van der Waals surface area contributed by atoms with E-state index < -0.39 is 12.0 Å². The Morgan fingerprint density at radius 3 is 2.50 bits per heavy atom. The second kappa shape index (κ2) is 6.44. The molecule has 0 aliphatic carbocycles. The molecule has 5 nitrogen and oxygen atoms in total. The lowest BCUT2D eigenvalue weighted by Crippen LogP contribution is -2.37. The second-order valence-electron chi connectivity index (χ2n) is 5.62. The summed E-state index contributed by atoms with van der Waals surface area (Å²) in [7, 11) is 0. The Balaban J connectivity index is 2.46. The summed E-state index contributed by atoms with van der Waals surface area (Å²) in [6, 6.07) is -0.524. The summed E-state index contributed by atoms with van der Waals surface area (Å²) < 4.78 is 0. The van der Waals surface area contributed by atoms with Crippen molar-refractivity contribution in [1.29, 1.82) is 0 Å². The summed E-state index contributed by atoms with van der Waals surface area (Å²) in [4.78, 5) is 18.9. The molecule has 0 bridgehead atoms. The van der Waals surface area contributed by atoms with E-state index >= 15 is 0 Å². The molecule has 0 saturated carbocycles. The molecule has 0 radical (unpaired) electrons. The molecule has 0 amide bonds. The summed E-state index contributed by atoms with van der Waals surface area (Å²) in [5.74, 6) is -0.809. The topological polar surface area (TPSA) is 75.1 Å². The van der Waals surface area contributed by atoms with Crippen molar-refractivity contribution in [3.8, 4) is 0 Å². The molecule has 1 aromatic rings. The van der Waals surface area contributed by atoms with Crippen molar-refractivity contribution >= 4 is 5.97 Å². The van der Waals surface area contributed by atoms with E-state index in [-0.39, 0.29) is 5.41 Å². The maximum atomic E-state index is 11.1. The van der Waals surface area contributed by atoms with Crippen LogP contribution in [0.5, 0.6) is 0 Å². The van der Waals surface area contributed by atoms with Crippen LogP contribution in [0.25, 0.3) is 0 Å². The van der Waals surface area contributed by atoms with Gasteiger partial charge in [-0.3, -0.25) is 4.79 Å². The number of rotatable bonds is 6. The number of nitrogens with zero attached hydrogens (tertiary/aromatic N) is 2. The molecule has 1 rings (SSSR count). The van der Waals surface area contributed by atoms with E-state index in [4.69, 9.17) is 5.11 Å². The number of hydrogen-bond acceptors (Lipinski definition) is 4. The minimum absolute atomic E-state index is 0.144. The third-order valence-corrected chi connectivity index (χ3v) is 2.65. The lowest BCUT2D eigenvalue weighted by atomic mass is 9.88. The summed E-state index contributed by atoms with van der Waals surface area (Å²) in [6.07, 6.45) is 6.30. The Morgan fingerprint density at radius 1 is 1.39 bits per heavy atom. The highest BCUT2D eigenvalue weighted by Gasteiger charge is 2.20. The number of aliphatic carboxylic acids is 1. The van der Waals surface area contributed by atoms with Crippen LogP contribution in [0.2, 0.25) is 0 Å². The van der Waals surface area contributed by atoms with Crippen LogP contribution in [-0.2, 0) is 11.3 Å². The third kappa shape index (κ3) is 5.72. The third-order valence-electron chi connectivity index (χ3n) is 2.65. The first-order valence-electron chi connectivity index (χ1n) is 6.08. The molecule has 1 unspecified atom stereocenters. The van der Waals surface area contributed by atoms with Gasteiger partial charge in [0.1, 0.15) is 12.4 Å². The molecule has 5 heteroatoms. The van der Waals surface area contributed by atoms with Crippen LogP contribution in [0.4, 0.5) is 0 Å². The molecule has 0 aliphatic rings. The highest BCUT2D eigenvalue weighted by Crippen LogP contribution is 2.21. The van der Waals surface area contributed by atoms with E-state index in [9.17, 15) is 4.79 Å². The average Bonchev–Trinajstić information content (AvgIpc) is 2.28. The zero-order chi connectivity index (χ0) is 13.6. The van der Waals surface area contributed by atoms with Crippen molar-refractivity contribution in [2.24, 2.45) is 5.41 Å². The normalized spacial score (nSPS) is 13.3. The fraction of sp³-hybridized carbons (Fsp3) is 0.615. The monoisotopic (exact) mass is 251 g/mol. The van der Waals surface area contributed by atoms with Crippen molar-refractivity contribution in [2.45, 2.75) is 46.2 Å². The van der Waals surface area contributed by atoms with Crippen LogP contribution in [0.3, 0.4) is 0 Å². The Morgan fingerprint density at radius 2 is 2.00 bits per heavy atom. The van der Waals surface area contributed by atoms with Crippen LogP contribution in [0, 0.1) is 5.41 Å².